The Hall–Kier alpha value is -1.49. The Labute approximate surface area is 98.1 Å². The molecule has 5 nitrogen and oxygen atoms in total. The van der Waals surface area contributed by atoms with Crippen molar-refractivity contribution in [1.82, 2.24) is 0 Å². The van der Waals surface area contributed by atoms with Gasteiger partial charge in [-0.05, 0) is 12.5 Å². The number of methoxy groups -OCH3 is 1. The zero-order valence-electron chi connectivity index (χ0n) is 8.81. The zero-order chi connectivity index (χ0) is 12.0. The molecule has 0 saturated heterocycles. The van der Waals surface area contributed by atoms with Crippen molar-refractivity contribution in [2.24, 2.45) is 0 Å². The fourth-order valence-electron chi connectivity index (χ4n) is 1.14. The first-order chi connectivity index (χ1) is 7.69. The van der Waals surface area contributed by atoms with Crippen molar-refractivity contribution in [2.75, 3.05) is 19.6 Å². The van der Waals surface area contributed by atoms with Crippen LogP contribution >= 0.6 is 11.6 Å². The third-order valence-corrected chi connectivity index (χ3v) is 2.16. The van der Waals surface area contributed by atoms with Crippen LogP contribution in [0.2, 0.25) is 0 Å². The lowest BCUT2D eigenvalue weighted by Gasteiger charge is -2.07. The van der Waals surface area contributed by atoms with Crippen LogP contribution in [-0.2, 0) is 0 Å². The number of rotatable bonds is 6. The molecule has 0 atom stereocenters. The third-order valence-electron chi connectivity index (χ3n) is 1.89. The van der Waals surface area contributed by atoms with Crippen molar-refractivity contribution >= 4 is 17.3 Å². The Morgan fingerprint density at radius 2 is 2.25 bits per heavy atom. The Balaban J connectivity index is 2.78. The molecule has 1 rings (SSSR count). The van der Waals surface area contributed by atoms with E-state index in [1.54, 1.807) is 0 Å². The van der Waals surface area contributed by atoms with Crippen LogP contribution in [0.1, 0.15) is 6.42 Å². The lowest BCUT2D eigenvalue weighted by Crippen LogP contribution is -1.99. The molecule has 16 heavy (non-hydrogen) atoms. The van der Waals surface area contributed by atoms with Gasteiger partial charge in [0.1, 0.15) is 5.75 Å². The molecule has 0 radical (unpaired) electrons. The van der Waals surface area contributed by atoms with E-state index in [2.05, 4.69) is 0 Å². The molecule has 0 aromatic heterocycles. The van der Waals surface area contributed by atoms with Crippen LogP contribution in [-0.4, -0.2) is 24.5 Å². The predicted octanol–water partition coefficient (Wildman–Crippen LogP) is 2.61. The second-order valence-corrected chi connectivity index (χ2v) is 3.36. The van der Waals surface area contributed by atoms with Gasteiger partial charge in [0, 0.05) is 18.0 Å². The van der Waals surface area contributed by atoms with Crippen molar-refractivity contribution in [3.63, 3.8) is 0 Å². The van der Waals surface area contributed by atoms with E-state index in [9.17, 15) is 10.1 Å². The molecule has 0 heterocycles. The summed E-state index contributed by atoms with van der Waals surface area (Å²) in [6.07, 6.45) is 0.723. The van der Waals surface area contributed by atoms with E-state index in [4.69, 9.17) is 21.1 Å². The molecule has 0 aliphatic heterocycles. The van der Waals surface area contributed by atoms with E-state index in [1.807, 2.05) is 0 Å². The highest BCUT2D eigenvalue weighted by Crippen LogP contribution is 2.30. The van der Waals surface area contributed by atoms with Gasteiger partial charge in [-0.3, -0.25) is 10.1 Å². The molecule has 0 spiro atoms. The molecule has 0 amide bonds. The largest absolute Gasteiger partial charge is 0.493 e. The summed E-state index contributed by atoms with van der Waals surface area (Å²) in [6.45, 7) is 0.477. The fourth-order valence-corrected chi connectivity index (χ4v) is 1.25. The number of nitro benzene ring substituents is 1. The third kappa shape index (κ3) is 3.27. The van der Waals surface area contributed by atoms with Crippen molar-refractivity contribution in [2.45, 2.75) is 6.42 Å². The van der Waals surface area contributed by atoms with Crippen molar-refractivity contribution < 1.29 is 14.4 Å². The minimum atomic E-state index is -0.499. The lowest BCUT2D eigenvalue weighted by molar-refractivity contribution is -0.385. The minimum Gasteiger partial charge on any atom is -0.493 e. The van der Waals surface area contributed by atoms with Gasteiger partial charge >= 0.3 is 5.69 Å². The molecule has 1 aromatic carbocycles. The molecule has 0 bridgehead atoms. The van der Waals surface area contributed by atoms with Gasteiger partial charge in [-0.25, -0.2) is 0 Å². The number of benzene rings is 1. The van der Waals surface area contributed by atoms with Gasteiger partial charge in [0.25, 0.3) is 0 Å². The molecule has 0 unspecified atom stereocenters. The summed E-state index contributed by atoms with van der Waals surface area (Å²) >= 11 is 5.50. The van der Waals surface area contributed by atoms with E-state index in [0.717, 1.165) is 6.42 Å². The van der Waals surface area contributed by atoms with E-state index in [0.29, 0.717) is 18.2 Å². The first-order valence-corrected chi connectivity index (χ1v) is 5.23. The maximum atomic E-state index is 10.6. The van der Waals surface area contributed by atoms with Crippen LogP contribution in [0.5, 0.6) is 11.5 Å². The lowest BCUT2D eigenvalue weighted by atomic mass is 10.3. The predicted molar refractivity (Wildman–Crippen MR) is 60.5 cm³/mol. The maximum Gasteiger partial charge on any atom is 0.311 e. The Kier molecular flexibility index (Phi) is 4.85. The summed E-state index contributed by atoms with van der Waals surface area (Å²) in [7, 11) is 1.38. The monoisotopic (exact) mass is 245 g/mol. The number of nitro groups is 1. The number of nitrogens with zero attached hydrogens (tertiary/aromatic N) is 1. The van der Waals surface area contributed by atoms with Gasteiger partial charge in [0.2, 0.25) is 5.75 Å². The van der Waals surface area contributed by atoms with Crippen molar-refractivity contribution in [3.8, 4) is 11.5 Å². The summed E-state index contributed by atoms with van der Waals surface area (Å²) in [6, 6.07) is 4.39. The normalized spacial score (nSPS) is 9.88. The molecule has 0 saturated carbocycles. The van der Waals surface area contributed by atoms with Gasteiger partial charge in [0.05, 0.1) is 18.6 Å². The topological polar surface area (TPSA) is 61.6 Å². The quantitative estimate of drug-likeness (QED) is 0.335. The number of alkyl halides is 1. The molecule has 0 aliphatic carbocycles. The van der Waals surface area contributed by atoms with E-state index >= 15 is 0 Å². The summed E-state index contributed by atoms with van der Waals surface area (Å²) < 4.78 is 10.2. The summed E-state index contributed by atoms with van der Waals surface area (Å²) in [5.74, 6) is 1.24. The van der Waals surface area contributed by atoms with Crippen molar-refractivity contribution in [1.29, 1.82) is 0 Å². The zero-order valence-corrected chi connectivity index (χ0v) is 9.57. The second-order valence-electron chi connectivity index (χ2n) is 2.98. The van der Waals surface area contributed by atoms with Gasteiger partial charge in [-0.1, -0.05) is 0 Å². The summed E-state index contributed by atoms with van der Waals surface area (Å²) in [5, 5.41) is 10.6. The molecule has 88 valence electrons. The van der Waals surface area contributed by atoms with Gasteiger partial charge in [-0.2, -0.15) is 0 Å². The highest BCUT2D eigenvalue weighted by molar-refractivity contribution is 6.17. The second kappa shape index (κ2) is 6.17. The van der Waals surface area contributed by atoms with E-state index in [1.165, 1.54) is 25.3 Å². The molecule has 6 heteroatoms. The van der Waals surface area contributed by atoms with Gasteiger partial charge in [-0.15, -0.1) is 11.6 Å². The first-order valence-electron chi connectivity index (χ1n) is 4.70. The van der Waals surface area contributed by atoms with Crippen LogP contribution in [0.3, 0.4) is 0 Å². The molecule has 1 aromatic rings. The average molecular weight is 246 g/mol. The average Bonchev–Trinajstić information content (AvgIpc) is 2.29. The molecular formula is C10H12ClNO4. The Bertz CT molecular complexity index is 370. The molecule has 0 aliphatic rings. The number of ether oxygens (including phenoxy) is 2. The fraction of sp³-hybridized carbons (Fsp3) is 0.400. The minimum absolute atomic E-state index is 0.0767. The summed E-state index contributed by atoms with van der Waals surface area (Å²) in [5.41, 5.74) is -0.0767. The Morgan fingerprint density at radius 1 is 1.50 bits per heavy atom. The van der Waals surface area contributed by atoms with E-state index in [-0.39, 0.29) is 11.4 Å². The van der Waals surface area contributed by atoms with Gasteiger partial charge < -0.3 is 9.47 Å². The first kappa shape index (κ1) is 12.6. The standard InChI is InChI=1S/C10H12ClNO4/c1-15-10-7-8(16-6-2-5-11)3-4-9(10)12(13)14/h3-4,7H,2,5-6H2,1H3. The van der Waals surface area contributed by atoms with Crippen LogP contribution in [0.15, 0.2) is 18.2 Å². The molecule has 0 fully saturated rings. The number of hydrogen-bond donors (Lipinski definition) is 0. The van der Waals surface area contributed by atoms with Crippen LogP contribution in [0.4, 0.5) is 5.69 Å². The van der Waals surface area contributed by atoms with Crippen LogP contribution < -0.4 is 9.47 Å². The number of halogens is 1. The highest BCUT2D eigenvalue weighted by atomic mass is 35.5. The molecule has 0 N–H and O–H groups in total. The van der Waals surface area contributed by atoms with Gasteiger partial charge in [0.15, 0.2) is 0 Å². The van der Waals surface area contributed by atoms with Crippen LogP contribution in [0, 0.1) is 10.1 Å². The van der Waals surface area contributed by atoms with E-state index < -0.39 is 4.92 Å². The van der Waals surface area contributed by atoms with Crippen LogP contribution in [0.25, 0.3) is 0 Å². The smallest absolute Gasteiger partial charge is 0.311 e. The number of hydrogen-bond acceptors (Lipinski definition) is 4. The molecular weight excluding hydrogens is 234 g/mol. The SMILES string of the molecule is COc1cc(OCCCCl)ccc1[N+](=O)[O-]. The highest BCUT2D eigenvalue weighted by Gasteiger charge is 2.14. The Morgan fingerprint density at radius 3 is 2.81 bits per heavy atom. The summed E-state index contributed by atoms with van der Waals surface area (Å²) in [4.78, 5) is 10.1. The maximum absolute atomic E-state index is 10.6. The van der Waals surface area contributed by atoms with Crippen molar-refractivity contribution in [3.05, 3.63) is 28.3 Å².